The normalized spacial score (nSPS) is 22.7. The van der Waals surface area contributed by atoms with Crippen LogP contribution in [0.3, 0.4) is 0 Å². The van der Waals surface area contributed by atoms with Gasteiger partial charge in [0.2, 0.25) is 10.0 Å². The molecule has 0 bridgehead atoms. The Morgan fingerprint density at radius 3 is 2.46 bits per heavy atom. The number of halogens is 1. The fraction of sp³-hybridized carbons (Fsp3) is 0.333. The van der Waals surface area contributed by atoms with E-state index in [0.29, 0.717) is 31.3 Å². The Bertz CT molecular complexity index is 876. The molecular weight excluding hydrogens is 376 g/mol. The zero-order valence-corrected chi connectivity index (χ0v) is 15.7. The zero-order chi connectivity index (χ0) is 17.4. The lowest BCUT2D eigenvalue weighted by Crippen LogP contribution is -2.32. The number of para-hydroxylation sites is 1. The molecule has 4 rings (SSSR count). The van der Waals surface area contributed by atoms with Gasteiger partial charge in [-0.2, -0.15) is 4.31 Å². The minimum absolute atomic E-state index is 0. The lowest BCUT2D eigenvalue weighted by molar-refractivity contribution is 0.166. The van der Waals surface area contributed by atoms with Crippen LogP contribution in [0.2, 0.25) is 0 Å². The van der Waals surface area contributed by atoms with Crippen LogP contribution >= 0.6 is 12.4 Å². The minimum Gasteiger partial charge on any atom is -0.486 e. The van der Waals surface area contributed by atoms with Crippen molar-refractivity contribution in [2.24, 2.45) is 5.73 Å². The maximum absolute atomic E-state index is 13.2. The van der Waals surface area contributed by atoms with Crippen LogP contribution in [-0.4, -0.2) is 45.1 Å². The Labute approximate surface area is 159 Å². The molecular formula is C18H21ClN2O4S. The van der Waals surface area contributed by atoms with Crippen LogP contribution in [0.4, 0.5) is 0 Å². The summed E-state index contributed by atoms with van der Waals surface area (Å²) >= 11 is 0. The molecule has 2 aliphatic heterocycles. The average molecular weight is 397 g/mol. The average Bonchev–Trinajstić information content (AvgIpc) is 3.04. The molecule has 8 heteroatoms. The van der Waals surface area contributed by atoms with E-state index in [0.717, 1.165) is 5.56 Å². The van der Waals surface area contributed by atoms with Gasteiger partial charge in [-0.25, -0.2) is 8.42 Å². The smallest absolute Gasteiger partial charge is 0.246 e. The molecule has 6 nitrogen and oxygen atoms in total. The molecule has 26 heavy (non-hydrogen) atoms. The quantitative estimate of drug-likeness (QED) is 0.858. The number of fused-ring (bicyclic) bond motifs is 1. The van der Waals surface area contributed by atoms with Gasteiger partial charge in [-0.1, -0.05) is 36.4 Å². The van der Waals surface area contributed by atoms with Crippen molar-refractivity contribution in [3.63, 3.8) is 0 Å². The van der Waals surface area contributed by atoms with Crippen molar-refractivity contribution in [3.8, 4) is 11.5 Å². The highest BCUT2D eigenvalue weighted by molar-refractivity contribution is 7.89. The third kappa shape index (κ3) is 3.27. The molecule has 0 amide bonds. The van der Waals surface area contributed by atoms with Gasteiger partial charge in [0, 0.05) is 25.0 Å². The molecule has 2 aliphatic rings. The number of benzene rings is 2. The zero-order valence-electron chi connectivity index (χ0n) is 14.1. The molecule has 1 saturated heterocycles. The van der Waals surface area contributed by atoms with Crippen molar-refractivity contribution in [3.05, 3.63) is 54.1 Å². The lowest BCUT2D eigenvalue weighted by atomic mass is 9.95. The summed E-state index contributed by atoms with van der Waals surface area (Å²) in [5.74, 6) is 0.744. The molecule has 2 atom stereocenters. The summed E-state index contributed by atoms with van der Waals surface area (Å²) in [5, 5.41) is 0. The summed E-state index contributed by atoms with van der Waals surface area (Å²) in [6.45, 7) is 1.40. The van der Waals surface area contributed by atoms with Gasteiger partial charge in [-0.05, 0) is 17.7 Å². The highest BCUT2D eigenvalue weighted by Gasteiger charge is 2.40. The second kappa shape index (κ2) is 7.44. The van der Waals surface area contributed by atoms with E-state index in [9.17, 15) is 8.42 Å². The number of nitrogens with zero attached hydrogens (tertiary/aromatic N) is 1. The van der Waals surface area contributed by atoms with Crippen LogP contribution in [0.25, 0.3) is 0 Å². The number of nitrogens with two attached hydrogens (primary N) is 1. The first-order valence-corrected chi connectivity index (χ1v) is 9.70. The second-order valence-corrected chi connectivity index (χ2v) is 8.19. The van der Waals surface area contributed by atoms with Crippen LogP contribution in [-0.2, 0) is 10.0 Å². The molecule has 2 aromatic carbocycles. The standard InChI is InChI=1S/C18H20N2O4S.ClH/c19-15-12-20(11-14(15)13-5-2-1-3-6-13)25(21,22)17-8-4-7-16-18(17)24-10-9-23-16;/h1-8,14-15H,9-12,19H2;1H/t14-,15+;/m0./s1. The fourth-order valence-electron chi connectivity index (χ4n) is 3.43. The molecule has 2 N–H and O–H groups in total. The minimum atomic E-state index is -3.71. The van der Waals surface area contributed by atoms with Crippen molar-refractivity contribution < 1.29 is 17.9 Å². The Kier molecular flexibility index (Phi) is 5.43. The number of sulfonamides is 1. The van der Waals surface area contributed by atoms with Crippen molar-refractivity contribution in [2.45, 2.75) is 16.9 Å². The van der Waals surface area contributed by atoms with E-state index in [4.69, 9.17) is 15.2 Å². The van der Waals surface area contributed by atoms with Gasteiger partial charge in [-0.3, -0.25) is 0 Å². The molecule has 1 fully saturated rings. The third-order valence-corrected chi connectivity index (χ3v) is 6.56. The third-order valence-electron chi connectivity index (χ3n) is 4.71. The lowest BCUT2D eigenvalue weighted by Gasteiger charge is -2.23. The number of ether oxygens (including phenoxy) is 2. The van der Waals surface area contributed by atoms with Gasteiger partial charge in [-0.15, -0.1) is 12.4 Å². The molecule has 0 radical (unpaired) electrons. The summed E-state index contributed by atoms with van der Waals surface area (Å²) in [6.07, 6.45) is 0. The summed E-state index contributed by atoms with van der Waals surface area (Å²) < 4.78 is 38.9. The largest absolute Gasteiger partial charge is 0.486 e. The highest BCUT2D eigenvalue weighted by Crippen LogP contribution is 2.39. The van der Waals surface area contributed by atoms with Crippen molar-refractivity contribution >= 4 is 22.4 Å². The van der Waals surface area contributed by atoms with E-state index in [-0.39, 0.29) is 35.8 Å². The molecule has 0 aliphatic carbocycles. The monoisotopic (exact) mass is 396 g/mol. The molecule has 0 aromatic heterocycles. The summed E-state index contributed by atoms with van der Waals surface area (Å²) in [5.41, 5.74) is 7.31. The maximum atomic E-state index is 13.2. The van der Waals surface area contributed by atoms with Crippen molar-refractivity contribution in [2.75, 3.05) is 26.3 Å². The Morgan fingerprint density at radius 1 is 0.962 bits per heavy atom. The van der Waals surface area contributed by atoms with Gasteiger partial charge in [0.25, 0.3) is 0 Å². The Hall–Kier alpha value is -1.80. The first kappa shape index (κ1) is 19.0. The second-order valence-electron chi connectivity index (χ2n) is 6.28. The molecule has 0 saturated carbocycles. The van der Waals surface area contributed by atoms with E-state index in [2.05, 4.69) is 0 Å². The van der Waals surface area contributed by atoms with Gasteiger partial charge in [0.05, 0.1) is 0 Å². The highest BCUT2D eigenvalue weighted by atomic mass is 35.5. The fourth-order valence-corrected chi connectivity index (χ4v) is 5.08. The van der Waals surface area contributed by atoms with Crippen LogP contribution in [0, 0.1) is 0 Å². The molecule has 0 unspecified atom stereocenters. The van der Waals surface area contributed by atoms with Gasteiger partial charge >= 0.3 is 0 Å². The molecule has 0 spiro atoms. The van der Waals surface area contributed by atoms with Gasteiger partial charge < -0.3 is 15.2 Å². The summed E-state index contributed by atoms with van der Waals surface area (Å²) in [7, 11) is -3.71. The Morgan fingerprint density at radius 2 is 1.69 bits per heavy atom. The van der Waals surface area contributed by atoms with E-state index in [1.165, 1.54) is 4.31 Å². The van der Waals surface area contributed by atoms with Gasteiger partial charge in [0.15, 0.2) is 11.5 Å². The van der Waals surface area contributed by atoms with E-state index >= 15 is 0 Å². The predicted molar refractivity (Wildman–Crippen MR) is 101 cm³/mol. The SMILES string of the molecule is Cl.N[C@@H]1CN(S(=O)(=O)c2cccc3c2OCCO3)C[C@H]1c1ccccc1. The van der Waals surface area contributed by atoms with Crippen LogP contribution in [0.5, 0.6) is 11.5 Å². The summed E-state index contributed by atoms with van der Waals surface area (Å²) in [6, 6.07) is 14.5. The van der Waals surface area contributed by atoms with Crippen LogP contribution in [0.1, 0.15) is 11.5 Å². The van der Waals surface area contributed by atoms with Crippen molar-refractivity contribution in [1.29, 1.82) is 0 Å². The van der Waals surface area contributed by atoms with Crippen LogP contribution in [0.15, 0.2) is 53.4 Å². The first-order valence-electron chi connectivity index (χ1n) is 8.26. The van der Waals surface area contributed by atoms with E-state index < -0.39 is 10.0 Å². The molecule has 2 aromatic rings. The van der Waals surface area contributed by atoms with Crippen molar-refractivity contribution in [1.82, 2.24) is 4.31 Å². The van der Waals surface area contributed by atoms with E-state index in [1.807, 2.05) is 30.3 Å². The maximum Gasteiger partial charge on any atom is 0.246 e. The number of rotatable bonds is 3. The van der Waals surface area contributed by atoms with Crippen LogP contribution < -0.4 is 15.2 Å². The number of hydrogen-bond acceptors (Lipinski definition) is 5. The molecule has 2 heterocycles. The summed E-state index contributed by atoms with van der Waals surface area (Å²) in [4.78, 5) is 0.144. The van der Waals surface area contributed by atoms with E-state index in [1.54, 1.807) is 18.2 Å². The topological polar surface area (TPSA) is 81.9 Å². The van der Waals surface area contributed by atoms with Gasteiger partial charge in [0.1, 0.15) is 18.1 Å². The Balaban J connectivity index is 0.00000196. The first-order chi connectivity index (χ1) is 12.1. The number of hydrogen-bond donors (Lipinski definition) is 1. The molecule has 140 valence electrons. The predicted octanol–water partition coefficient (Wildman–Crippen LogP) is 1.99.